The van der Waals surface area contributed by atoms with Gasteiger partial charge in [-0.25, -0.2) is 4.79 Å². The summed E-state index contributed by atoms with van der Waals surface area (Å²) in [6.07, 6.45) is -0.104. The molecule has 0 aromatic heterocycles. The number of carbonyl (C=O) groups is 5. The number of carboxylic acid groups (broad SMARTS) is 2. The van der Waals surface area contributed by atoms with Crippen LogP contribution < -0.4 is 21.7 Å². The number of nitrogens with one attached hydrogen (secondary N) is 3. The molecule has 0 aromatic rings. The number of aliphatic carboxylic acids is 2. The number of hydrogen-bond donors (Lipinski definition) is 6. The summed E-state index contributed by atoms with van der Waals surface area (Å²) in [6.45, 7) is 8.39. The molecule has 0 rings (SSSR count). The van der Waals surface area contributed by atoms with Gasteiger partial charge in [0.1, 0.15) is 18.1 Å². The van der Waals surface area contributed by atoms with E-state index in [1.165, 1.54) is 6.92 Å². The van der Waals surface area contributed by atoms with Gasteiger partial charge in [0.25, 0.3) is 0 Å². The third-order valence-electron chi connectivity index (χ3n) is 4.33. The van der Waals surface area contributed by atoms with Crippen LogP contribution in [0.3, 0.4) is 0 Å². The Morgan fingerprint density at radius 2 is 1.40 bits per heavy atom. The maximum atomic E-state index is 12.6. The first-order valence-electron chi connectivity index (χ1n) is 9.87. The minimum Gasteiger partial charge on any atom is -0.481 e. The molecular formula is C19H34N4O7. The van der Waals surface area contributed by atoms with E-state index in [0.717, 1.165) is 0 Å². The van der Waals surface area contributed by atoms with Crippen LogP contribution >= 0.6 is 0 Å². The number of rotatable bonds is 13. The molecule has 0 radical (unpaired) electrons. The Bertz CT molecular complexity index is 636. The number of carboxylic acids is 2. The van der Waals surface area contributed by atoms with Gasteiger partial charge in [0, 0.05) is 6.42 Å². The normalized spacial score (nSPS) is 15.1. The third kappa shape index (κ3) is 10.2. The van der Waals surface area contributed by atoms with E-state index in [2.05, 4.69) is 16.0 Å². The highest BCUT2D eigenvalue weighted by molar-refractivity contribution is 5.94. The zero-order valence-corrected chi connectivity index (χ0v) is 18.1. The van der Waals surface area contributed by atoms with Crippen LogP contribution in [0.25, 0.3) is 0 Å². The van der Waals surface area contributed by atoms with Crippen molar-refractivity contribution in [3.63, 3.8) is 0 Å². The van der Waals surface area contributed by atoms with Crippen molar-refractivity contribution in [2.45, 2.75) is 78.0 Å². The molecule has 7 N–H and O–H groups in total. The highest BCUT2D eigenvalue weighted by atomic mass is 16.4. The first-order valence-corrected chi connectivity index (χ1v) is 9.87. The number of amides is 3. The van der Waals surface area contributed by atoms with Crippen molar-refractivity contribution in [2.75, 3.05) is 0 Å². The summed E-state index contributed by atoms with van der Waals surface area (Å²) in [6, 6.07) is -4.21. The summed E-state index contributed by atoms with van der Waals surface area (Å²) in [5.74, 6) is -4.56. The molecule has 11 heteroatoms. The Hall–Kier alpha value is -2.69. The van der Waals surface area contributed by atoms with Crippen LogP contribution in [0.1, 0.15) is 53.9 Å². The third-order valence-corrected chi connectivity index (χ3v) is 4.33. The average Bonchev–Trinajstić information content (AvgIpc) is 2.61. The first-order chi connectivity index (χ1) is 13.8. The summed E-state index contributed by atoms with van der Waals surface area (Å²) in [5, 5.41) is 25.3. The van der Waals surface area contributed by atoms with Gasteiger partial charge in [0.15, 0.2) is 0 Å². The monoisotopic (exact) mass is 430 g/mol. The Balaban J connectivity index is 5.04. The molecule has 0 saturated heterocycles. The molecule has 4 atom stereocenters. The van der Waals surface area contributed by atoms with Crippen molar-refractivity contribution in [2.24, 2.45) is 17.6 Å². The second-order valence-electron chi connectivity index (χ2n) is 8.03. The van der Waals surface area contributed by atoms with Gasteiger partial charge in [-0.3, -0.25) is 19.2 Å². The second-order valence-corrected chi connectivity index (χ2v) is 8.03. The summed E-state index contributed by atoms with van der Waals surface area (Å²) in [7, 11) is 0. The Morgan fingerprint density at radius 1 is 0.833 bits per heavy atom. The first kappa shape index (κ1) is 27.3. The highest BCUT2D eigenvalue weighted by Crippen LogP contribution is 2.08. The molecule has 0 fully saturated rings. The lowest BCUT2D eigenvalue weighted by molar-refractivity contribution is -0.143. The minimum absolute atomic E-state index is 0.0257. The van der Waals surface area contributed by atoms with E-state index in [0.29, 0.717) is 0 Å². The topological polar surface area (TPSA) is 188 Å². The van der Waals surface area contributed by atoms with Crippen LogP contribution in [0.15, 0.2) is 0 Å². The van der Waals surface area contributed by atoms with E-state index in [1.54, 1.807) is 13.8 Å². The van der Waals surface area contributed by atoms with E-state index in [9.17, 15) is 29.1 Å². The smallest absolute Gasteiger partial charge is 0.326 e. The van der Waals surface area contributed by atoms with Crippen LogP contribution in [0.5, 0.6) is 0 Å². The molecule has 0 aliphatic carbocycles. The molecule has 0 bridgehead atoms. The van der Waals surface area contributed by atoms with Gasteiger partial charge in [0.05, 0.1) is 6.04 Å². The molecule has 0 aromatic carbocycles. The lowest BCUT2D eigenvalue weighted by Crippen LogP contribution is -2.57. The predicted octanol–water partition coefficient (Wildman–Crippen LogP) is -0.560. The molecule has 0 saturated carbocycles. The quantitative estimate of drug-likeness (QED) is 0.224. The standard InChI is InChI=1S/C19H34N4O7/c1-9(2)8-13(18(28)23-15(10(3)4)19(29)30)22-16(26)11(5)21-17(27)12(20)6-7-14(24)25/h9-13,15H,6-8,20H2,1-5H3,(H,21,27)(H,22,26)(H,23,28)(H,24,25)(H,29,30). The maximum absolute atomic E-state index is 12.6. The average molecular weight is 431 g/mol. The van der Waals surface area contributed by atoms with Crippen LogP contribution in [0, 0.1) is 11.8 Å². The predicted molar refractivity (Wildman–Crippen MR) is 108 cm³/mol. The van der Waals surface area contributed by atoms with Gasteiger partial charge in [0.2, 0.25) is 17.7 Å². The Kier molecular flexibility index (Phi) is 11.6. The van der Waals surface area contributed by atoms with Crippen molar-refractivity contribution in [1.29, 1.82) is 0 Å². The van der Waals surface area contributed by atoms with Crippen LogP contribution in [-0.2, 0) is 24.0 Å². The maximum Gasteiger partial charge on any atom is 0.326 e. The number of carbonyl (C=O) groups excluding carboxylic acids is 3. The van der Waals surface area contributed by atoms with Gasteiger partial charge in [-0.2, -0.15) is 0 Å². The Labute approximate surface area is 176 Å². The molecule has 0 heterocycles. The van der Waals surface area contributed by atoms with E-state index in [4.69, 9.17) is 10.8 Å². The summed E-state index contributed by atoms with van der Waals surface area (Å²) < 4.78 is 0. The number of hydrogen-bond acceptors (Lipinski definition) is 6. The van der Waals surface area contributed by atoms with E-state index < -0.39 is 53.8 Å². The van der Waals surface area contributed by atoms with Crippen molar-refractivity contribution in [1.82, 2.24) is 16.0 Å². The fourth-order valence-electron chi connectivity index (χ4n) is 2.56. The van der Waals surface area contributed by atoms with Crippen LogP contribution in [0.4, 0.5) is 0 Å². The van der Waals surface area contributed by atoms with Crippen LogP contribution in [0.2, 0.25) is 0 Å². The van der Waals surface area contributed by atoms with Crippen molar-refractivity contribution < 1.29 is 34.2 Å². The fraction of sp³-hybridized carbons (Fsp3) is 0.737. The van der Waals surface area contributed by atoms with Crippen molar-refractivity contribution in [3.05, 3.63) is 0 Å². The minimum atomic E-state index is -1.18. The molecule has 30 heavy (non-hydrogen) atoms. The largest absolute Gasteiger partial charge is 0.481 e. The molecule has 0 spiro atoms. The van der Waals surface area contributed by atoms with E-state index in [-0.39, 0.29) is 31.1 Å². The van der Waals surface area contributed by atoms with Gasteiger partial charge in [-0.1, -0.05) is 27.7 Å². The lowest BCUT2D eigenvalue weighted by Gasteiger charge is -2.25. The van der Waals surface area contributed by atoms with Crippen molar-refractivity contribution >= 4 is 29.7 Å². The van der Waals surface area contributed by atoms with Gasteiger partial charge < -0.3 is 31.9 Å². The SMILES string of the molecule is CC(C)CC(NC(=O)C(C)NC(=O)C(N)CCC(=O)O)C(=O)NC(C(=O)O)C(C)C. The molecule has 4 unspecified atom stereocenters. The van der Waals surface area contributed by atoms with E-state index >= 15 is 0 Å². The van der Waals surface area contributed by atoms with Gasteiger partial charge in [-0.15, -0.1) is 0 Å². The highest BCUT2D eigenvalue weighted by Gasteiger charge is 2.30. The fourth-order valence-corrected chi connectivity index (χ4v) is 2.56. The second kappa shape index (κ2) is 12.8. The summed E-state index contributed by atoms with van der Waals surface area (Å²) >= 11 is 0. The van der Waals surface area contributed by atoms with Crippen molar-refractivity contribution in [3.8, 4) is 0 Å². The molecule has 3 amide bonds. The van der Waals surface area contributed by atoms with E-state index in [1.807, 2.05) is 13.8 Å². The molecular weight excluding hydrogens is 396 g/mol. The molecule has 172 valence electrons. The van der Waals surface area contributed by atoms with Gasteiger partial charge in [-0.05, 0) is 31.6 Å². The summed E-state index contributed by atoms with van der Waals surface area (Å²) in [4.78, 5) is 59.0. The summed E-state index contributed by atoms with van der Waals surface area (Å²) in [5.41, 5.74) is 5.61. The lowest BCUT2D eigenvalue weighted by atomic mass is 10.00. The zero-order valence-electron chi connectivity index (χ0n) is 18.1. The Morgan fingerprint density at radius 3 is 1.83 bits per heavy atom. The molecule has 11 nitrogen and oxygen atoms in total. The van der Waals surface area contributed by atoms with Crippen LogP contribution in [-0.4, -0.2) is 64.0 Å². The number of nitrogens with two attached hydrogens (primary N) is 1. The zero-order chi connectivity index (χ0) is 23.6. The molecule has 0 aliphatic rings. The molecule has 0 aliphatic heterocycles. The van der Waals surface area contributed by atoms with Gasteiger partial charge >= 0.3 is 11.9 Å².